The first-order valence-corrected chi connectivity index (χ1v) is 9.91. The van der Waals surface area contributed by atoms with Crippen LogP contribution in [0, 0.1) is 5.82 Å². The lowest BCUT2D eigenvalue weighted by atomic mass is 9.74. The van der Waals surface area contributed by atoms with Gasteiger partial charge < -0.3 is 14.8 Å². The van der Waals surface area contributed by atoms with Crippen LogP contribution in [0.1, 0.15) is 18.4 Å². The Labute approximate surface area is 177 Å². The lowest BCUT2D eigenvalue weighted by Crippen LogP contribution is -2.45. The predicted octanol–water partition coefficient (Wildman–Crippen LogP) is 5.03. The van der Waals surface area contributed by atoms with Crippen LogP contribution in [0.2, 0.25) is 15.1 Å². The number of nitrogens with one attached hydrogen (secondary N) is 1. The van der Waals surface area contributed by atoms with E-state index in [0.29, 0.717) is 29.8 Å². The van der Waals surface area contributed by atoms with Crippen molar-refractivity contribution >= 4 is 40.7 Å². The predicted molar refractivity (Wildman–Crippen MR) is 108 cm³/mol. The third-order valence-corrected chi connectivity index (χ3v) is 5.88. The second kappa shape index (κ2) is 9.31. The van der Waals surface area contributed by atoms with E-state index in [2.05, 4.69) is 5.32 Å². The average molecular weight is 447 g/mol. The molecular formula is C20H19Cl3FNO3. The van der Waals surface area contributed by atoms with Gasteiger partial charge >= 0.3 is 0 Å². The number of hydrogen-bond acceptors (Lipinski definition) is 3. The lowest BCUT2D eigenvalue weighted by molar-refractivity contribution is -0.123. The molecule has 0 aliphatic carbocycles. The minimum absolute atomic E-state index is 0.215. The molecule has 0 radical (unpaired) electrons. The Kier molecular flexibility index (Phi) is 7.05. The van der Waals surface area contributed by atoms with Crippen molar-refractivity contribution in [1.29, 1.82) is 0 Å². The average Bonchev–Trinajstić information content (AvgIpc) is 2.69. The molecule has 28 heavy (non-hydrogen) atoms. The maximum Gasteiger partial charge on any atom is 0.257 e. The second-order valence-corrected chi connectivity index (χ2v) is 7.88. The number of halogens is 4. The zero-order valence-corrected chi connectivity index (χ0v) is 17.2. The third-order valence-electron chi connectivity index (χ3n) is 4.86. The third kappa shape index (κ3) is 5.09. The number of amides is 1. The van der Waals surface area contributed by atoms with Crippen LogP contribution >= 0.6 is 34.8 Å². The SMILES string of the molecule is O=C(COc1cc(Cl)c(Cl)cc1Cl)NCC1(c2ccc(F)cc2)CCOCC1. The van der Waals surface area contributed by atoms with Gasteiger partial charge in [0, 0.05) is 31.2 Å². The molecule has 0 bridgehead atoms. The van der Waals surface area contributed by atoms with Crippen LogP contribution in [0.15, 0.2) is 36.4 Å². The topological polar surface area (TPSA) is 47.6 Å². The van der Waals surface area contributed by atoms with Gasteiger partial charge in [0.1, 0.15) is 11.6 Å². The Balaban J connectivity index is 1.62. The van der Waals surface area contributed by atoms with E-state index in [1.807, 2.05) is 0 Å². The molecule has 1 heterocycles. The summed E-state index contributed by atoms with van der Waals surface area (Å²) < 4.78 is 24.2. The van der Waals surface area contributed by atoms with Gasteiger partial charge in [-0.1, -0.05) is 46.9 Å². The van der Waals surface area contributed by atoms with Gasteiger partial charge in [0.2, 0.25) is 0 Å². The number of rotatable bonds is 6. The quantitative estimate of drug-likeness (QED) is 0.633. The summed E-state index contributed by atoms with van der Waals surface area (Å²) in [4.78, 5) is 12.3. The van der Waals surface area contributed by atoms with Crippen LogP contribution < -0.4 is 10.1 Å². The van der Waals surface area contributed by atoms with E-state index in [1.165, 1.54) is 24.3 Å². The van der Waals surface area contributed by atoms with E-state index < -0.39 is 0 Å². The fourth-order valence-corrected chi connectivity index (χ4v) is 3.80. The first-order valence-electron chi connectivity index (χ1n) is 8.77. The van der Waals surface area contributed by atoms with Crippen LogP contribution in [0.4, 0.5) is 4.39 Å². The molecule has 2 aromatic rings. The minimum Gasteiger partial charge on any atom is -0.482 e. The summed E-state index contributed by atoms with van der Waals surface area (Å²) in [5.41, 5.74) is 0.675. The van der Waals surface area contributed by atoms with Crippen LogP contribution in [0.25, 0.3) is 0 Å². The van der Waals surface area contributed by atoms with Gasteiger partial charge in [-0.2, -0.15) is 0 Å². The molecule has 1 aliphatic rings. The summed E-state index contributed by atoms with van der Waals surface area (Å²) in [7, 11) is 0. The van der Waals surface area contributed by atoms with Crippen molar-refractivity contribution in [3.8, 4) is 5.75 Å². The van der Waals surface area contributed by atoms with Gasteiger partial charge in [-0.25, -0.2) is 4.39 Å². The normalized spacial score (nSPS) is 15.9. The zero-order chi connectivity index (χ0) is 20.1. The summed E-state index contributed by atoms with van der Waals surface area (Å²) in [5, 5.41) is 3.78. The lowest BCUT2D eigenvalue weighted by Gasteiger charge is -2.38. The molecule has 3 rings (SSSR count). The van der Waals surface area contributed by atoms with Crippen molar-refractivity contribution < 1.29 is 18.7 Å². The highest BCUT2D eigenvalue weighted by molar-refractivity contribution is 6.43. The molecule has 4 nitrogen and oxygen atoms in total. The van der Waals surface area contributed by atoms with Gasteiger partial charge in [0.15, 0.2) is 6.61 Å². The largest absolute Gasteiger partial charge is 0.482 e. The smallest absolute Gasteiger partial charge is 0.257 e. The van der Waals surface area contributed by atoms with Gasteiger partial charge in [-0.15, -0.1) is 0 Å². The van der Waals surface area contributed by atoms with Gasteiger partial charge in [-0.05, 0) is 36.6 Å². The van der Waals surface area contributed by atoms with Crippen molar-refractivity contribution in [3.63, 3.8) is 0 Å². The van der Waals surface area contributed by atoms with E-state index in [0.717, 1.165) is 18.4 Å². The molecule has 0 aromatic heterocycles. The number of carbonyl (C=O) groups is 1. The summed E-state index contributed by atoms with van der Waals surface area (Å²) in [6, 6.07) is 9.33. The summed E-state index contributed by atoms with van der Waals surface area (Å²) >= 11 is 17.9. The van der Waals surface area contributed by atoms with Crippen molar-refractivity contribution in [2.45, 2.75) is 18.3 Å². The fourth-order valence-electron chi connectivity index (χ4n) is 3.21. The molecule has 1 fully saturated rings. The first kappa shape index (κ1) is 21.2. The molecule has 1 saturated heterocycles. The minimum atomic E-state index is -0.303. The summed E-state index contributed by atoms with van der Waals surface area (Å²) in [5.74, 6) is -0.303. The Hall–Kier alpha value is -1.53. The van der Waals surface area contributed by atoms with E-state index in [9.17, 15) is 9.18 Å². The molecule has 1 amide bonds. The number of ether oxygens (including phenoxy) is 2. The maximum absolute atomic E-state index is 13.3. The molecule has 0 spiro atoms. The molecule has 150 valence electrons. The van der Waals surface area contributed by atoms with E-state index in [1.54, 1.807) is 12.1 Å². The maximum atomic E-state index is 13.3. The Bertz CT molecular complexity index is 839. The first-order chi connectivity index (χ1) is 13.4. The molecule has 1 N–H and O–H groups in total. The number of hydrogen-bond donors (Lipinski definition) is 1. The molecule has 8 heteroatoms. The molecular weight excluding hydrogens is 428 g/mol. The molecule has 2 aromatic carbocycles. The van der Waals surface area contributed by atoms with Gasteiger partial charge in [0.25, 0.3) is 5.91 Å². The van der Waals surface area contributed by atoms with Crippen molar-refractivity contribution in [2.75, 3.05) is 26.4 Å². The van der Waals surface area contributed by atoms with Gasteiger partial charge in [0.05, 0.1) is 15.1 Å². The Morgan fingerprint density at radius 1 is 1.07 bits per heavy atom. The Morgan fingerprint density at radius 2 is 1.71 bits per heavy atom. The molecule has 0 saturated carbocycles. The van der Waals surface area contributed by atoms with Crippen LogP contribution in [0.3, 0.4) is 0 Å². The highest BCUT2D eigenvalue weighted by Gasteiger charge is 2.34. The second-order valence-electron chi connectivity index (χ2n) is 6.66. The van der Waals surface area contributed by atoms with Crippen molar-refractivity contribution in [3.05, 3.63) is 62.8 Å². The summed E-state index contributed by atoms with van der Waals surface area (Å²) in [6.45, 7) is 1.36. The van der Waals surface area contributed by atoms with Gasteiger partial charge in [-0.3, -0.25) is 4.79 Å². The van der Waals surface area contributed by atoms with Crippen LogP contribution in [-0.4, -0.2) is 32.3 Å². The molecule has 0 unspecified atom stereocenters. The molecule has 1 aliphatic heterocycles. The number of carbonyl (C=O) groups excluding carboxylic acids is 1. The fraction of sp³-hybridized carbons (Fsp3) is 0.350. The molecule has 0 atom stereocenters. The van der Waals surface area contributed by atoms with Crippen LogP contribution in [-0.2, 0) is 14.9 Å². The standard InChI is InChI=1S/C20H19Cl3FNO3/c21-15-9-17(23)18(10-16(15)22)28-11-19(26)25-12-20(5-7-27-8-6-20)13-1-3-14(24)4-2-13/h1-4,9-10H,5-8,11-12H2,(H,25,26). The number of benzene rings is 2. The van der Waals surface area contributed by atoms with E-state index in [-0.39, 0.29) is 34.5 Å². The van der Waals surface area contributed by atoms with Crippen LogP contribution in [0.5, 0.6) is 5.75 Å². The monoisotopic (exact) mass is 445 g/mol. The highest BCUT2D eigenvalue weighted by atomic mass is 35.5. The van der Waals surface area contributed by atoms with Crippen molar-refractivity contribution in [1.82, 2.24) is 5.32 Å². The van der Waals surface area contributed by atoms with Crippen molar-refractivity contribution in [2.24, 2.45) is 0 Å². The Morgan fingerprint density at radius 3 is 2.39 bits per heavy atom. The highest BCUT2D eigenvalue weighted by Crippen LogP contribution is 2.35. The zero-order valence-electron chi connectivity index (χ0n) is 14.9. The van der Waals surface area contributed by atoms with E-state index >= 15 is 0 Å². The van der Waals surface area contributed by atoms with E-state index in [4.69, 9.17) is 44.3 Å². The summed E-state index contributed by atoms with van der Waals surface area (Å²) in [6.07, 6.45) is 1.47.